The zero-order valence-electron chi connectivity index (χ0n) is 10.2. The molecule has 0 saturated heterocycles. The SMILES string of the molecule is CC[C@@H](NCc1c(OC)ccc(Br)c1F)C(=O)O. The minimum Gasteiger partial charge on any atom is -0.496 e. The fourth-order valence-electron chi connectivity index (χ4n) is 1.56. The number of methoxy groups -OCH3 is 1. The Labute approximate surface area is 113 Å². The van der Waals surface area contributed by atoms with E-state index in [1.54, 1.807) is 19.1 Å². The highest BCUT2D eigenvalue weighted by molar-refractivity contribution is 9.10. The zero-order valence-corrected chi connectivity index (χ0v) is 11.8. The van der Waals surface area contributed by atoms with Gasteiger partial charge in [-0.1, -0.05) is 6.92 Å². The molecule has 0 aromatic heterocycles. The van der Waals surface area contributed by atoms with Crippen molar-refractivity contribution in [2.75, 3.05) is 7.11 Å². The molecule has 0 aliphatic carbocycles. The van der Waals surface area contributed by atoms with E-state index in [4.69, 9.17) is 9.84 Å². The quantitative estimate of drug-likeness (QED) is 0.846. The first-order chi connectivity index (χ1) is 8.51. The van der Waals surface area contributed by atoms with E-state index < -0.39 is 17.8 Å². The van der Waals surface area contributed by atoms with Crippen LogP contribution in [0, 0.1) is 5.82 Å². The Morgan fingerprint density at radius 3 is 2.78 bits per heavy atom. The van der Waals surface area contributed by atoms with Crippen LogP contribution < -0.4 is 10.1 Å². The summed E-state index contributed by atoms with van der Waals surface area (Å²) >= 11 is 3.09. The van der Waals surface area contributed by atoms with Gasteiger partial charge in [-0.25, -0.2) is 4.39 Å². The molecule has 0 radical (unpaired) electrons. The lowest BCUT2D eigenvalue weighted by Gasteiger charge is -2.15. The van der Waals surface area contributed by atoms with Gasteiger partial charge in [0.2, 0.25) is 0 Å². The average Bonchev–Trinajstić information content (AvgIpc) is 2.34. The maximum Gasteiger partial charge on any atom is 0.320 e. The molecule has 0 heterocycles. The Balaban J connectivity index is 2.89. The van der Waals surface area contributed by atoms with E-state index in [0.717, 1.165) is 0 Å². The van der Waals surface area contributed by atoms with Crippen LogP contribution in [0.25, 0.3) is 0 Å². The van der Waals surface area contributed by atoms with Crippen LogP contribution in [0.5, 0.6) is 5.75 Å². The lowest BCUT2D eigenvalue weighted by atomic mass is 10.1. The van der Waals surface area contributed by atoms with Gasteiger partial charge >= 0.3 is 5.97 Å². The molecule has 1 atom stereocenters. The molecule has 2 N–H and O–H groups in total. The van der Waals surface area contributed by atoms with Crippen molar-refractivity contribution in [2.45, 2.75) is 25.9 Å². The largest absolute Gasteiger partial charge is 0.496 e. The van der Waals surface area contributed by atoms with Gasteiger partial charge in [-0.2, -0.15) is 0 Å². The van der Waals surface area contributed by atoms with Crippen LogP contribution in [0.15, 0.2) is 16.6 Å². The van der Waals surface area contributed by atoms with Crippen LogP contribution in [0.3, 0.4) is 0 Å². The molecule has 1 aromatic rings. The predicted molar refractivity (Wildman–Crippen MR) is 69.2 cm³/mol. The molecule has 0 aliphatic heterocycles. The molecule has 0 saturated carbocycles. The summed E-state index contributed by atoms with van der Waals surface area (Å²) in [5, 5.41) is 11.7. The molecule has 100 valence electrons. The van der Waals surface area contributed by atoms with Crippen molar-refractivity contribution >= 4 is 21.9 Å². The van der Waals surface area contributed by atoms with Crippen LogP contribution in [0.2, 0.25) is 0 Å². The van der Waals surface area contributed by atoms with Crippen molar-refractivity contribution in [1.29, 1.82) is 0 Å². The molecule has 0 bridgehead atoms. The Morgan fingerprint density at radius 1 is 1.61 bits per heavy atom. The van der Waals surface area contributed by atoms with E-state index >= 15 is 0 Å². The second-order valence-electron chi connectivity index (χ2n) is 3.72. The second-order valence-corrected chi connectivity index (χ2v) is 4.58. The van der Waals surface area contributed by atoms with Gasteiger partial charge in [0.05, 0.1) is 11.6 Å². The molecule has 0 aliphatic rings. The van der Waals surface area contributed by atoms with Crippen molar-refractivity contribution in [3.05, 3.63) is 28.0 Å². The summed E-state index contributed by atoms with van der Waals surface area (Å²) in [5.74, 6) is -1.00. The van der Waals surface area contributed by atoms with Gasteiger partial charge < -0.3 is 15.2 Å². The van der Waals surface area contributed by atoms with Gasteiger partial charge in [0.1, 0.15) is 17.6 Å². The molecular weight excluding hydrogens is 305 g/mol. The van der Waals surface area contributed by atoms with Crippen molar-refractivity contribution in [2.24, 2.45) is 0 Å². The third-order valence-corrected chi connectivity index (χ3v) is 3.22. The fourth-order valence-corrected chi connectivity index (χ4v) is 1.93. The summed E-state index contributed by atoms with van der Waals surface area (Å²) in [5.41, 5.74) is 0.312. The van der Waals surface area contributed by atoms with Gasteiger partial charge in [0, 0.05) is 12.1 Å². The first-order valence-electron chi connectivity index (χ1n) is 5.48. The van der Waals surface area contributed by atoms with Crippen LogP contribution >= 0.6 is 15.9 Å². The molecule has 0 amide bonds. The highest BCUT2D eigenvalue weighted by atomic mass is 79.9. The molecule has 0 fully saturated rings. The van der Waals surface area contributed by atoms with Gasteiger partial charge in [-0.15, -0.1) is 0 Å². The first kappa shape index (κ1) is 14.9. The van der Waals surface area contributed by atoms with Gasteiger partial charge in [0.15, 0.2) is 0 Å². The Kier molecular flexibility index (Phi) is 5.55. The van der Waals surface area contributed by atoms with E-state index in [1.165, 1.54) is 7.11 Å². The molecule has 1 aromatic carbocycles. The number of ether oxygens (including phenoxy) is 1. The fraction of sp³-hybridized carbons (Fsp3) is 0.417. The number of carboxylic acids is 1. The van der Waals surface area contributed by atoms with Crippen LogP contribution in [0.1, 0.15) is 18.9 Å². The van der Waals surface area contributed by atoms with Gasteiger partial charge in [-0.05, 0) is 34.5 Å². The molecule has 1 rings (SSSR count). The normalized spacial score (nSPS) is 12.2. The van der Waals surface area contributed by atoms with Crippen molar-refractivity contribution in [3.8, 4) is 5.75 Å². The molecule has 0 spiro atoms. The van der Waals surface area contributed by atoms with E-state index in [-0.39, 0.29) is 6.54 Å². The summed E-state index contributed by atoms with van der Waals surface area (Å²) in [6, 6.07) is 2.48. The highest BCUT2D eigenvalue weighted by Gasteiger charge is 2.18. The topological polar surface area (TPSA) is 58.6 Å². The number of carbonyl (C=O) groups is 1. The summed E-state index contributed by atoms with van der Waals surface area (Å²) in [6.45, 7) is 1.85. The molecule has 18 heavy (non-hydrogen) atoms. The third kappa shape index (κ3) is 3.43. The number of hydrogen-bond acceptors (Lipinski definition) is 3. The Bertz CT molecular complexity index is 440. The van der Waals surface area contributed by atoms with Crippen LogP contribution in [-0.2, 0) is 11.3 Å². The number of nitrogens with one attached hydrogen (secondary N) is 1. The number of aliphatic carboxylic acids is 1. The minimum atomic E-state index is -0.952. The lowest BCUT2D eigenvalue weighted by Crippen LogP contribution is -2.35. The lowest BCUT2D eigenvalue weighted by molar-refractivity contribution is -0.139. The van der Waals surface area contributed by atoms with E-state index in [0.29, 0.717) is 22.2 Å². The maximum absolute atomic E-state index is 13.9. The highest BCUT2D eigenvalue weighted by Crippen LogP contribution is 2.27. The van der Waals surface area contributed by atoms with Gasteiger partial charge in [-0.3, -0.25) is 4.79 Å². The molecule has 6 heteroatoms. The summed E-state index contributed by atoms with van der Waals surface area (Å²) < 4.78 is 19.3. The Hall–Kier alpha value is -1.14. The minimum absolute atomic E-state index is 0.0965. The second kappa shape index (κ2) is 6.70. The van der Waals surface area contributed by atoms with E-state index in [1.807, 2.05) is 0 Å². The number of benzene rings is 1. The smallest absolute Gasteiger partial charge is 0.320 e. The van der Waals surface area contributed by atoms with Crippen LogP contribution in [-0.4, -0.2) is 24.2 Å². The zero-order chi connectivity index (χ0) is 13.7. The summed E-state index contributed by atoms with van der Waals surface area (Å²) in [4.78, 5) is 10.9. The summed E-state index contributed by atoms with van der Waals surface area (Å²) in [6.07, 6.45) is 0.424. The molecule has 4 nitrogen and oxygen atoms in total. The van der Waals surface area contributed by atoms with Gasteiger partial charge in [0.25, 0.3) is 0 Å². The van der Waals surface area contributed by atoms with Crippen molar-refractivity contribution in [1.82, 2.24) is 5.32 Å². The van der Waals surface area contributed by atoms with E-state index in [2.05, 4.69) is 21.2 Å². The number of halogens is 2. The van der Waals surface area contributed by atoms with Crippen molar-refractivity contribution in [3.63, 3.8) is 0 Å². The number of hydrogen-bond donors (Lipinski definition) is 2. The molecular formula is C12H15BrFNO3. The predicted octanol–water partition coefficient (Wildman–Crippen LogP) is 2.55. The maximum atomic E-state index is 13.9. The van der Waals surface area contributed by atoms with Crippen LogP contribution in [0.4, 0.5) is 4.39 Å². The summed E-state index contributed by atoms with van der Waals surface area (Å²) in [7, 11) is 1.45. The van der Waals surface area contributed by atoms with Crippen molar-refractivity contribution < 1.29 is 19.0 Å². The monoisotopic (exact) mass is 319 g/mol. The Morgan fingerprint density at radius 2 is 2.28 bits per heavy atom. The molecule has 0 unspecified atom stereocenters. The third-order valence-electron chi connectivity index (χ3n) is 2.60. The van der Waals surface area contributed by atoms with E-state index in [9.17, 15) is 9.18 Å². The number of carboxylic acid groups (broad SMARTS) is 1. The first-order valence-corrected chi connectivity index (χ1v) is 6.27. The standard InChI is InChI=1S/C12H15BrFNO3/c1-3-9(12(16)17)15-6-7-10(18-2)5-4-8(13)11(7)14/h4-5,9,15H,3,6H2,1-2H3,(H,16,17)/t9-/m1/s1. The number of rotatable bonds is 6. The average molecular weight is 320 g/mol.